The third-order valence-corrected chi connectivity index (χ3v) is 5.13. The average Bonchev–Trinajstić information content (AvgIpc) is 3.41. The van der Waals surface area contributed by atoms with E-state index in [4.69, 9.17) is 4.99 Å². The standard InChI is InChI=1S/C19H28N4O.HI/c1-3-20-18(23-13-11-22(12-14-23)16(2)24)21-15-19(9-10-19)17-7-5-4-6-8-17;/h4-8H,3,9-15H2,1-2H3,(H,20,21);1H. The molecule has 1 saturated heterocycles. The molecule has 1 aromatic carbocycles. The van der Waals surface area contributed by atoms with Crippen LogP contribution in [0.25, 0.3) is 0 Å². The minimum absolute atomic E-state index is 0. The summed E-state index contributed by atoms with van der Waals surface area (Å²) in [5.74, 6) is 1.15. The van der Waals surface area contributed by atoms with E-state index in [0.717, 1.165) is 45.2 Å². The fourth-order valence-corrected chi connectivity index (χ4v) is 3.37. The Morgan fingerprint density at radius 3 is 2.24 bits per heavy atom. The summed E-state index contributed by atoms with van der Waals surface area (Å²) in [6.45, 7) is 8.72. The van der Waals surface area contributed by atoms with Gasteiger partial charge in [-0.15, -0.1) is 24.0 Å². The highest BCUT2D eigenvalue weighted by atomic mass is 127. The number of benzene rings is 1. The maximum atomic E-state index is 11.5. The molecule has 3 rings (SSSR count). The molecule has 2 fully saturated rings. The highest BCUT2D eigenvalue weighted by molar-refractivity contribution is 14.0. The molecule has 1 aromatic rings. The lowest BCUT2D eigenvalue weighted by Gasteiger charge is -2.36. The molecule has 5 nitrogen and oxygen atoms in total. The molecule has 0 aromatic heterocycles. The Hall–Kier alpha value is -1.31. The van der Waals surface area contributed by atoms with Crippen molar-refractivity contribution in [3.05, 3.63) is 35.9 Å². The summed E-state index contributed by atoms with van der Waals surface area (Å²) in [6, 6.07) is 10.8. The van der Waals surface area contributed by atoms with Crippen molar-refractivity contribution in [3.63, 3.8) is 0 Å². The summed E-state index contributed by atoms with van der Waals surface area (Å²) in [6.07, 6.45) is 2.44. The third-order valence-electron chi connectivity index (χ3n) is 5.13. The van der Waals surface area contributed by atoms with Crippen molar-refractivity contribution in [3.8, 4) is 0 Å². The van der Waals surface area contributed by atoms with E-state index in [9.17, 15) is 4.79 Å². The van der Waals surface area contributed by atoms with Gasteiger partial charge in [-0.05, 0) is 25.3 Å². The first-order chi connectivity index (χ1) is 11.6. The molecule has 0 unspecified atom stereocenters. The first-order valence-corrected chi connectivity index (χ1v) is 8.99. The van der Waals surface area contributed by atoms with Gasteiger partial charge in [0.25, 0.3) is 0 Å². The van der Waals surface area contributed by atoms with Gasteiger partial charge >= 0.3 is 0 Å². The molecule has 138 valence electrons. The number of rotatable bonds is 4. The van der Waals surface area contributed by atoms with Gasteiger partial charge < -0.3 is 15.1 Å². The van der Waals surface area contributed by atoms with Crippen LogP contribution in [0.1, 0.15) is 32.3 Å². The Morgan fingerprint density at radius 2 is 1.72 bits per heavy atom. The van der Waals surface area contributed by atoms with Gasteiger partial charge in [0.15, 0.2) is 5.96 Å². The van der Waals surface area contributed by atoms with E-state index in [1.165, 1.54) is 18.4 Å². The maximum absolute atomic E-state index is 11.5. The Bertz CT molecular complexity index is 593. The van der Waals surface area contributed by atoms with Gasteiger partial charge in [0.1, 0.15) is 0 Å². The summed E-state index contributed by atoms with van der Waals surface area (Å²) < 4.78 is 0. The second-order valence-corrected chi connectivity index (χ2v) is 6.81. The first kappa shape index (κ1) is 20.0. The van der Waals surface area contributed by atoms with Crippen LogP contribution in [0.5, 0.6) is 0 Å². The molecule has 1 aliphatic heterocycles. The van der Waals surface area contributed by atoms with E-state index in [2.05, 4.69) is 47.5 Å². The highest BCUT2D eigenvalue weighted by Crippen LogP contribution is 2.48. The topological polar surface area (TPSA) is 47.9 Å². The fourth-order valence-electron chi connectivity index (χ4n) is 3.37. The quantitative estimate of drug-likeness (QED) is 0.430. The number of hydrogen-bond donors (Lipinski definition) is 1. The van der Waals surface area contributed by atoms with Crippen LogP contribution in [-0.2, 0) is 10.2 Å². The van der Waals surface area contributed by atoms with E-state index >= 15 is 0 Å². The van der Waals surface area contributed by atoms with Gasteiger partial charge in [-0.1, -0.05) is 30.3 Å². The molecule has 1 N–H and O–H groups in total. The molecule has 1 aliphatic carbocycles. The van der Waals surface area contributed by atoms with Crippen molar-refractivity contribution in [1.82, 2.24) is 15.1 Å². The van der Waals surface area contributed by atoms with Crippen LogP contribution in [0, 0.1) is 0 Å². The largest absolute Gasteiger partial charge is 0.357 e. The molecule has 2 aliphatic rings. The molecule has 1 amide bonds. The summed E-state index contributed by atoms with van der Waals surface area (Å²) in [5.41, 5.74) is 1.65. The molecule has 0 radical (unpaired) electrons. The van der Waals surface area contributed by atoms with E-state index < -0.39 is 0 Å². The maximum Gasteiger partial charge on any atom is 0.219 e. The van der Waals surface area contributed by atoms with Crippen LogP contribution in [0.15, 0.2) is 35.3 Å². The minimum atomic E-state index is 0. The second kappa shape index (κ2) is 8.87. The molecule has 0 bridgehead atoms. The Kier molecular flexibility index (Phi) is 7.10. The van der Waals surface area contributed by atoms with Crippen LogP contribution < -0.4 is 5.32 Å². The minimum Gasteiger partial charge on any atom is -0.357 e. The first-order valence-electron chi connectivity index (χ1n) is 8.99. The molecular formula is C19H29IN4O. The van der Waals surface area contributed by atoms with Crippen molar-refractivity contribution in [2.75, 3.05) is 39.3 Å². The normalized spacial score (nSPS) is 19.2. The Morgan fingerprint density at radius 1 is 1.12 bits per heavy atom. The van der Waals surface area contributed by atoms with Gasteiger partial charge in [0, 0.05) is 45.1 Å². The lowest BCUT2D eigenvalue weighted by atomic mass is 9.96. The molecule has 1 saturated carbocycles. The summed E-state index contributed by atoms with van der Waals surface area (Å²) in [7, 11) is 0. The molecular weight excluding hydrogens is 427 g/mol. The monoisotopic (exact) mass is 456 g/mol. The highest BCUT2D eigenvalue weighted by Gasteiger charge is 2.44. The zero-order valence-electron chi connectivity index (χ0n) is 15.2. The predicted octanol–water partition coefficient (Wildman–Crippen LogP) is 2.47. The van der Waals surface area contributed by atoms with Gasteiger partial charge in [-0.2, -0.15) is 0 Å². The number of nitrogens with one attached hydrogen (secondary N) is 1. The van der Waals surface area contributed by atoms with Gasteiger partial charge in [-0.3, -0.25) is 9.79 Å². The van der Waals surface area contributed by atoms with E-state index in [1.54, 1.807) is 6.92 Å². The number of amides is 1. The number of hydrogen-bond acceptors (Lipinski definition) is 2. The van der Waals surface area contributed by atoms with E-state index in [-0.39, 0.29) is 35.3 Å². The third kappa shape index (κ3) is 4.86. The Labute approximate surface area is 167 Å². The second-order valence-electron chi connectivity index (χ2n) is 6.81. The van der Waals surface area contributed by atoms with Crippen molar-refractivity contribution in [2.45, 2.75) is 32.1 Å². The van der Waals surface area contributed by atoms with Crippen molar-refractivity contribution < 1.29 is 4.79 Å². The van der Waals surface area contributed by atoms with Crippen molar-refractivity contribution >= 4 is 35.8 Å². The number of halogens is 1. The van der Waals surface area contributed by atoms with Gasteiger partial charge in [0.2, 0.25) is 5.91 Å². The van der Waals surface area contributed by atoms with Crippen LogP contribution >= 0.6 is 24.0 Å². The van der Waals surface area contributed by atoms with Crippen LogP contribution in [0.4, 0.5) is 0 Å². The average molecular weight is 456 g/mol. The Balaban J connectivity index is 0.00000225. The smallest absolute Gasteiger partial charge is 0.219 e. The molecule has 0 spiro atoms. The van der Waals surface area contributed by atoms with Gasteiger partial charge in [-0.25, -0.2) is 0 Å². The lowest BCUT2D eigenvalue weighted by molar-refractivity contribution is -0.130. The van der Waals surface area contributed by atoms with Gasteiger partial charge in [0.05, 0.1) is 6.54 Å². The molecule has 6 heteroatoms. The molecule has 0 atom stereocenters. The van der Waals surface area contributed by atoms with Crippen LogP contribution in [-0.4, -0.2) is 60.9 Å². The fraction of sp³-hybridized carbons (Fsp3) is 0.579. The number of aliphatic imine (C=N–C) groups is 1. The number of nitrogens with zero attached hydrogens (tertiary/aromatic N) is 3. The number of carbonyl (C=O) groups excluding carboxylic acids is 1. The number of guanidine groups is 1. The predicted molar refractivity (Wildman–Crippen MR) is 113 cm³/mol. The zero-order valence-corrected chi connectivity index (χ0v) is 17.5. The SMILES string of the molecule is CCNC(=NCC1(c2ccccc2)CC1)N1CCN(C(C)=O)CC1.I. The molecule has 25 heavy (non-hydrogen) atoms. The summed E-state index contributed by atoms with van der Waals surface area (Å²) >= 11 is 0. The van der Waals surface area contributed by atoms with Crippen molar-refractivity contribution in [1.29, 1.82) is 0 Å². The lowest BCUT2D eigenvalue weighted by Crippen LogP contribution is -2.53. The summed E-state index contributed by atoms with van der Waals surface area (Å²) in [4.78, 5) is 20.6. The van der Waals surface area contributed by atoms with E-state index in [1.807, 2.05) is 4.90 Å². The number of piperazine rings is 1. The molecule has 1 heterocycles. The summed E-state index contributed by atoms with van der Waals surface area (Å²) in [5, 5.41) is 3.42. The number of carbonyl (C=O) groups is 1. The zero-order chi connectivity index (χ0) is 17.0. The van der Waals surface area contributed by atoms with Crippen molar-refractivity contribution in [2.24, 2.45) is 4.99 Å². The van der Waals surface area contributed by atoms with Crippen LogP contribution in [0.2, 0.25) is 0 Å². The van der Waals surface area contributed by atoms with Crippen LogP contribution in [0.3, 0.4) is 0 Å². The van der Waals surface area contributed by atoms with E-state index in [0.29, 0.717) is 0 Å².